The highest BCUT2D eigenvalue weighted by atomic mass is 79.9. The molecule has 1 saturated carbocycles. The first-order chi connectivity index (χ1) is 6.62. The maximum atomic E-state index is 4.24. The van der Waals surface area contributed by atoms with Gasteiger partial charge in [0.1, 0.15) is 0 Å². The number of alkyl halides is 1. The molecular weight excluding hydrogens is 240 g/mol. The molecule has 1 aromatic heterocycles. The van der Waals surface area contributed by atoms with E-state index in [0.717, 1.165) is 17.8 Å². The largest absolute Gasteiger partial charge is 0.335 e. The summed E-state index contributed by atoms with van der Waals surface area (Å²) in [5, 5.41) is 1.10. The van der Waals surface area contributed by atoms with E-state index in [4.69, 9.17) is 0 Å². The Morgan fingerprint density at radius 2 is 2.29 bits per heavy atom. The Morgan fingerprint density at radius 3 is 2.79 bits per heavy atom. The summed E-state index contributed by atoms with van der Waals surface area (Å²) < 4.78 is 2.26. The number of hydrogen-bond acceptors (Lipinski definition) is 1. The summed E-state index contributed by atoms with van der Waals surface area (Å²) in [5.41, 5.74) is 1.85. The third-order valence-corrected chi connectivity index (χ3v) is 4.32. The highest BCUT2D eigenvalue weighted by Crippen LogP contribution is 2.64. The molecule has 0 spiro atoms. The Kier molecular flexibility index (Phi) is 2.46. The molecule has 1 fully saturated rings. The van der Waals surface area contributed by atoms with Gasteiger partial charge in [-0.25, -0.2) is 4.98 Å². The van der Waals surface area contributed by atoms with Gasteiger partial charge in [-0.1, -0.05) is 29.8 Å². The molecule has 1 aliphatic carbocycles. The van der Waals surface area contributed by atoms with E-state index in [9.17, 15) is 0 Å². The van der Waals surface area contributed by atoms with Gasteiger partial charge < -0.3 is 4.57 Å². The van der Waals surface area contributed by atoms with Crippen molar-refractivity contribution in [1.29, 1.82) is 0 Å². The lowest BCUT2D eigenvalue weighted by Crippen LogP contribution is -2.00. The maximum Gasteiger partial charge on any atom is 0.0948 e. The first kappa shape index (κ1) is 10.2. The van der Waals surface area contributed by atoms with E-state index in [1.54, 1.807) is 0 Å². The summed E-state index contributed by atoms with van der Waals surface area (Å²) in [4.78, 5) is 4.24. The van der Waals surface area contributed by atoms with E-state index < -0.39 is 0 Å². The van der Waals surface area contributed by atoms with Gasteiger partial charge >= 0.3 is 0 Å². The molecule has 0 N–H and O–H groups in total. The van der Waals surface area contributed by atoms with Crippen LogP contribution < -0.4 is 0 Å². The van der Waals surface area contributed by atoms with Crippen LogP contribution in [0.2, 0.25) is 0 Å². The predicted molar refractivity (Wildman–Crippen MR) is 61.7 cm³/mol. The van der Waals surface area contributed by atoms with Gasteiger partial charge in [-0.05, 0) is 18.3 Å². The fraction of sp³-hybridized carbons (Fsp3) is 0.727. The van der Waals surface area contributed by atoms with Crippen molar-refractivity contribution in [2.75, 3.05) is 5.33 Å². The van der Waals surface area contributed by atoms with Crippen LogP contribution in [-0.4, -0.2) is 14.9 Å². The van der Waals surface area contributed by atoms with Crippen LogP contribution in [0.4, 0.5) is 0 Å². The number of nitrogens with zero attached hydrogens (tertiary/aromatic N) is 2. The molecule has 14 heavy (non-hydrogen) atoms. The second kappa shape index (κ2) is 3.37. The lowest BCUT2D eigenvalue weighted by molar-refractivity contribution is 0.569. The molecule has 0 aromatic carbocycles. The topological polar surface area (TPSA) is 17.8 Å². The summed E-state index contributed by atoms with van der Waals surface area (Å²) >= 11 is 3.59. The summed E-state index contributed by atoms with van der Waals surface area (Å²) in [6.45, 7) is 7.88. The van der Waals surface area contributed by atoms with Gasteiger partial charge in [0.25, 0.3) is 0 Å². The minimum absolute atomic E-state index is 0.441. The number of imidazole rings is 1. The second-order valence-electron chi connectivity index (χ2n) is 4.66. The molecule has 3 heteroatoms. The van der Waals surface area contributed by atoms with Crippen molar-refractivity contribution >= 4 is 15.9 Å². The van der Waals surface area contributed by atoms with E-state index in [1.165, 1.54) is 5.69 Å². The molecule has 2 atom stereocenters. The van der Waals surface area contributed by atoms with Crippen molar-refractivity contribution < 1.29 is 0 Å². The molecule has 2 nitrogen and oxygen atoms in total. The highest BCUT2D eigenvalue weighted by Gasteiger charge is 2.58. The van der Waals surface area contributed by atoms with Gasteiger partial charge in [-0.2, -0.15) is 0 Å². The number of aromatic nitrogens is 2. The Morgan fingerprint density at radius 1 is 1.57 bits per heavy atom. The fourth-order valence-corrected chi connectivity index (χ4v) is 3.68. The molecule has 2 unspecified atom stereocenters. The lowest BCUT2D eigenvalue weighted by Gasteiger charge is -2.05. The van der Waals surface area contributed by atoms with Crippen molar-refractivity contribution in [2.45, 2.75) is 33.2 Å². The van der Waals surface area contributed by atoms with E-state index in [2.05, 4.69) is 46.3 Å². The van der Waals surface area contributed by atoms with Crippen LogP contribution in [0, 0.1) is 11.3 Å². The smallest absolute Gasteiger partial charge is 0.0948 e. The van der Waals surface area contributed by atoms with Gasteiger partial charge in [-0.15, -0.1) is 0 Å². The zero-order valence-electron chi connectivity index (χ0n) is 9.00. The van der Waals surface area contributed by atoms with Gasteiger partial charge in [0.2, 0.25) is 0 Å². The molecule has 0 saturated heterocycles. The summed E-state index contributed by atoms with van der Waals surface area (Å²) in [7, 11) is 0. The lowest BCUT2D eigenvalue weighted by atomic mass is 10.1. The van der Waals surface area contributed by atoms with Crippen molar-refractivity contribution in [2.24, 2.45) is 11.3 Å². The number of aryl methyl sites for hydroxylation is 1. The Balaban J connectivity index is 2.26. The van der Waals surface area contributed by atoms with Crippen molar-refractivity contribution in [3.8, 4) is 0 Å². The van der Waals surface area contributed by atoms with Crippen LogP contribution in [0.15, 0.2) is 12.5 Å². The summed E-state index contributed by atoms with van der Waals surface area (Å²) in [6.07, 6.45) is 3.97. The first-order valence-corrected chi connectivity index (χ1v) is 6.31. The summed E-state index contributed by atoms with van der Waals surface area (Å²) in [6, 6.07) is 0. The van der Waals surface area contributed by atoms with Crippen LogP contribution in [0.25, 0.3) is 0 Å². The van der Waals surface area contributed by atoms with Gasteiger partial charge in [0, 0.05) is 29.7 Å². The molecule has 1 aromatic rings. The molecule has 0 bridgehead atoms. The van der Waals surface area contributed by atoms with Crippen LogP contribution in [0.1, 0.15) is 32.4 Å². The highest BCUT2D eigenvalue weighted by molar-refractivity contribution is 9.09. The Hall–Kier alpha value is -0.310. The van der Waals surface area contributed by atoms with Gasteiger partial charge in [0.15, 0.2) is 0 Å². The molecule has 0 radical (unpaired) electrons. The second-order valence-corrected chi connectivity index (χ2v) is 5.31. The van der Waals surface area contributed by atoms with Crippen LogP contribution in [-0.2, 0) is 6.54 Å². The minimum atomic E-state index is 0.441. The number of halogens is 1. The standard InChI is InChI=1S/C11H17BrN2/c1-4-14-7-13-6-9(14)10-8(5-12)11(10,2)3/h6-8,10H,4-5H2,1-3H3. The zero-order valence-corrected chi connectivity index (χ0v) is 10.6. The van der Waals surface area contributed by atoms with E-state index in [-0.39, 0.29) is 0 Å². The molecule has 1 heterocycles. The molecule has 78 valence electrons. The zero-order chi connectivity index (χ0) is 10.3. The van der Waals surface area contributed by atoms with E-state index >= 15 is 0 Å². The number of hydrogen-bond donors (Lipinski definition) is 0. The molecular formula is C11H17BrN2. The maximum absolute atomic E-state index is 4.24. The number of rotatable bonds is 3. The molecule has 0 amide bonds. The van der Waals surface area contributed by atoms with E-state index in [0.29, 0.717) is 11.3 Å². The van der Waals surface area contributed by atoms with Gasteiger partial charge in [0.05, 0.1) is 6.33 Å². The van der Waals surface area contributed by atoms with Crippen molar-refractivity contribution in [3.63, 3.8) is 0 Å². The Bertz CT molecular complexity index is 330. The van der Waals surface area contributed by atoms with Crippen molar-refractivity contribution in [1.82, 2.24) is 9.55 Å². The average Bonchev–Trinajstić information content (AvgIpc) is 2.55. The normalized spacial score (nSPS) is 29.1. The van der Waals surface area contributed by atoms with E-state index in [1.807, 2.05) is 12.5 Å². The minimum Gasteiger partial charge on any atom is -0.335 e. The third kappa shape index (κ3) is 1.33. The quantitative estimate of drug-likeness (QED) is 0.761. The fourth-order valence-electron chi connectivity index (χ4n) is 2.47. The van der Waals surface area contributed by atoms with Crippen LogP contribution in [0.3, 0.4) is 0 Å². The van der Waals surface area contributed by atoms with Crippen LogP contribution >= 0.6 is 15.9 Å². The van der Waals surface area contributed by atoms with Crippen LogP contribution in [0.5, 0.6) is 0 Å². The predicted octanol–water partition coefficient (Wildman–Crippen LogP) is 3.04. The SMILES string of the molecule is CCn1cncc1C1C(CBr)C1(C)C. The van der Waals surface area contributed by atoms with Gasteiger partial charge in [-0.3, -0.25) is 0 Å². The van der Waals surface area contributed by atoms with Crippen molar-refractivity contribution in [3.05, 3.63) is 18.2 Å². The summed E-state index contributed by atoms with van der Waals surface area (Å²) in [5.74, 6) is 1.45. The molecule has 0 aliphatic heterocycles. The third-order valence-electron chi connectivity index (χ3n) is 3.62. The monoisotopic (exact) mass is 256 g/mol. The molecule has 2 rings (SSSR count). The molecule has 1 aliphatic rings. The first-order valence-electron chi connectivity index (χ1n) is 5.19. The Labute approximate surface area is 93.9 Å². The average molecular weight is 257 g/mol.